The first-order valence-electron chi connectivity index (χ1n) is 9.62. The van der Waals surface area contributed by atoms with Gasteiger partial charge >= 0.3 is 0 Å². The van der Waals surface area contributed by atoms with E-state index in [4.69, 9.17) is 0 Å². The van der Waals surface area contributed by atoms with Crippen molar-refractivity contribution in [3.63, 3.8) is 0 Å². The summed E-state index contributed by atoms with van der Waals surface area (Å²) in [5.41, 5.74) is 2.32. The van der Waals surface area contributed by atoms with Crippen molar-refractivity contribution in [1.29, 1.82) is 0 Å². The van der Waals surface area contributed by atoms with Crippen molar-refractivity contribution in [3.8, 4) is 0 Å². The summed E-state index contributed by atoms with van der Waals surface area (Å²) in [5.74, 6) is -2.28. The van der Waals surface area contributed by atoms with Crippen LogP contribution in [0.4, 0.5) is 8.78 Å². The monoisotopic (exact) mass is 422 g/mol. The van der Waals surface area contributed by atoms with Crippen molar-refractivity contribution >= 4 is 15.9 Å². The molecule has 29 heavy (non-hydrogen) atoms. The van der Waals surface area contributed by atoms with Gasteiger partial charge in [-0.2, -0.15) is 4.31 Å². The molecule has 1 saturated heterocycles. The molecule has 1 amide bonds. The maximum atomic E-state index is 13.9. The first-order valence-corrected chi connectivity index (χ1v) is 11.1. The van der Waals surface area contributed by atoms with Crippen LogP contribution in [0.25, 0.3) is 0 Å². The molecule has 1 fully saturated rings. The van der Waals surface area contributed by atoms with Crippen molar-refractivity contribution in [2.45, 2.75) is 31.1 Å². The molecule has 2 aromatic rings. The second-order valence-electron chi connectivity index (χ2n) is 7.01. The molecule has 0 spiro atoms. The fourth-order valence-electron chi connectivity index (χ4n) is 3.39. The molecular formula is C21H24F2N2O3S. The van der Waals surface area contributed by atoms with E-state index in [0.717, 1.165) is 34.5 Å². The number of aryl methyl sites for hydroxylation is 2. The van der Waals surface area contributed by atoms with Gasteiger partial charge in [0.1, 0.15) is 11.6 Å². The van der Waals surface area contributed by atoms with Crippen LogP contribution >= 0.6 is 0 Å². The largest absolute Gasteiger partial charge is 0.340 e. The SMILES string of the molecule is CCc1ccc(CCC(=O)N2CCN(S(=O)(=O)c3c(F)cccc3F)CC2)cc1. The Hall–Kier alpha value is -2.32. The fourth-order valence-corrected chi connectivity index (χ4v) is 4.92. The molecule has 8 heteroatoms. The molecule has 0 bridgehead atoms. The number of amides is 1. The molecule has 2 aromatic carbocycles. The number of benzene rings is 2. The molecule has 0 radical (unpaired) electrons. The van der Waals surface area contributed by atoms with Gasteiger partial charge in [0.15, 0.2) is 4.90 Å². The van der Waals surface area contributed by atoms with Crippen LogP contribution < -0.4 is 0 Å². The van der Waals surface area contributed by atoms with Crippen LogP contribution in [0, 0.1) is 11.6 Å². The first kappa shape index (κ1) is 21.4. The number of rotatable bonds is 6. The summed E-state index contributed by atoms with van der Waals surface area (Å²) in [6.45, 7) is 2.49. The van der Waals surface area contributed by atoms with Crippen LogP contribution in [0.1, 0.15) is 24.5 Å². The van der Waals surface area contributed by atoms with E-state index in [1.54, 1.807) is 4.90 Å². The van der Waals surface area contributed by atoms with E-state index in [1.165, 1.54) is 5.56 Å². The molecule has 5 nitrogen and oxygen atoms in total. The maximum absolute atomic E-state index is 13.9. The van der Waals surface area contributed by atoms with Crippen molar-refractivity contribution in [2.75, 3.05) is 26.2 Å². The number of carbonyl (C=O) groups is 1. The van der Waals surface area contributed by atoms with Gasteiger partial charge < -0.3 is 4.90 Å². The lowest BCUT2D eigenvalue weighted by molar-refractivity contribution is -0.132. The molecule has 0 unspecified atom stereocenters. The van der Waals surface area contributed by atoms with Gasteiger partial charge in [-0.15, -0.1) is 0 Å². The number of nitrogens with zero attached hydrogens (tertiary/aromatic N) is 2. The van der Waals surface area contributed by atoms with Gasteiger partial charge in [-0.05, 0) is 36.1 Å². The average molecular weight is 422 g/mol. The van der Waals surface area contributed by atoms with Crippen molar-refractivity contribution in [2.24, 2.45) is 0 Å². The first-order chi connectivity index (χ1) is 13.8. The minimum Gasteiger partial charge on any atom is -0.340 e. The molecule has 156 valence electrons. The highest BCUT2D eigenvalue weighted by Crippen LogP contribution is 2.23. The third-order valence-corrected chi connectivity index (χ3v) is 7.12. The third kappa shape index (κ3) is 4.82. The van der Waals surface area contributed by atoms with Crippen LogP contribution in [0.15, 0.2) is 47.4 Å². The Kier molecular flexibility index (Phi) is 6.64. The van der Waals surface area contributed by atoms with Crippen LogP contribution in [0.5, 0.6) is 0 Å². The maximum Gasteiger partial charge on any atom is 0.249 e. The quantitative estimate of drug-likeness (QED) is 0.719. The van der Waals surface area contributed by atoms with Gasteiger partial charge in [0.25, 0.3) is 0 Å². The van der Waals surface area contributed by atoms with Gasteiger partial charge in [0, 0.05) is 32.6 Å². The topological polar surface area (TPSA) is 57.7 Å². The van der Waals surface area contributed by atoms with Gasteiger partial charge in [0.2, 0.25) is 15.9 Å². The van der Waals surface area contributed by atoms with Gasteiger partial charge in [-0.3, -0.25) is 4.79 Å². The predicted molar refractivity (Wildman–Crippen MR) is 106 cm³/mol. The van der Waals surface area contributed by atoms with E-state index in [-0.39, 0.29) is 32.1 Å². The standard InChI is InChI=1S/C21H24F2N2O3S/c1-2-16-6-8-17(9-7-16)10-11-20(26)24-12-14-25(15-13-24)29(27,28)21-18(22)4-3-5-19(21)23/h3-9H,2,10-15H2,1H3. The van der Waals surface area contributed by atoms with Gasteiger partial charge in [0.05, 0.1) is 0 Å². The number of sulfonamides is 1. The fraction of sp³-hybridized carbons (Fsp3) is 0.381. The molecule has 0 saturated carbocycles. The molecule has 1 aliphatic heterocycles. The lowest BCUT2D eigenvalue weighted by Gasteiger charge is -2.34. The Balaban J connectivity index is 1.57. The highest BCUT2D eigenvalue weighted by atomic mass is 32.2. The van der Waals surface area contributed by atoms with Gasteiger partial charge in [-0.25, -0.2) is 17.2 Å². The van der Waals surface area contributed by atoms with Crippen molar-refractivity contribution in [1.82, 2.24) is 9.21 Å². The summed E-state index contributed by atoms with van der Waals surface area (Å²) in [6, 6.07) is 11.1. The molecule has 0 aromatic heterocycles. The minimum absolute atomic E-state index is 0.00699. The number of hydrogen-bond donors (Lipinski definition) is 0. The summed E-state index contributed by atoms with van der Waals surface area (Å²) in [5, 5.41) is 0. The molecule has 1 aliphatic rings. The molecule has 0 N–H and O–H groups in total. The van der Waals surface area contributed by atoms with Crippen LogP contribution in [-0.2, 0) is 27.7 Å². The Morgan fingerprint density at radius 1 is 0.931 bits per heavy atom. The van der Waals surface area contributed by atoms with Crippen molar-refractivity contribution in [3.05, 3.63) is 65.2 Å². The Labute approximate surface area is 170 Å². The second-order valence-corrected chi connectivity index (χ2v) is 8.88. The average Bonchev–Trinajstić information content (AvgIpc) is 2.72. The third-order valence-electron chi connectivity index (χ3n) is 5.17. The van der Waals surface area contributed by atoms with E-state index in [9.17, 15) is 22.0 Å². The smallest absolute Gasteiger partial charge is 0.249 e. The summed E-state index contributed by atoms with van der Waals surface area (Å²) in [7, 11) is -4.29. The molecular weight excluding hydrogens is 398 g/mol. The number of carbonyl (C=O) groups excluding carboxylic acids is 1. The highest BCUT2D eigenvalue weighted by molar-refractivity contribution is 7.89. The lowest BCUT2D eigenvalue weighted by Crippen LogP contribution is -2.50. The molecule has 0 aliphatic carbocycles. The summed E-state index contributed by atoms with van der Waals surface area (Å²) in [6.07, 6.45) is 1.91. The number of piperazine rings is 1. The number of hydrogen-bond acceptors (Lipinski definition) is 3. The van der Waals surface area contributed by atoms with E-state index >= 15 is 0 Å². The van der Waals surface area contributed by atoms with E-state index in [1.807, 2.05) is 24.3 Å². The Morgan fingerprint density at radius 2 is 1.48 bits per heavy atom. The summed E-state index contributed by atoms with van der Waals surface area (Å²) < 4.78 is 54.1. The lowest BCUT2D eigenvalue weighted by atomic mass is 10.1. The number of halogens is 2. The van der Waals surface area contributed by atoms with Crippen LogP contribution in [0.2, 0.25) is 0 Å². The zero-order valence-corrected chi connectivity index (χ0v) is 17.1. The van der Waals surface area contributed by atoms with E-state index in [0.29, 0.717) is 12.8 Å². The minimum atomic E-state index is -4.29. The summed E-state index contributed by atoms with van der Waals surface area (Å²) in [4.78, 5) is 13.1. The van der Waals surface area contributed by atoms with Crippen molar-refractivity contribution < 1.29 is 22.0 Å². The highest BCUT2D eigenvalue weighted by Gasteiger charge is 2.33. The molecule has 3 rings (SSSR count). The Bertz CT molecular complexity index is 950. The molecule has 1 heterocycles. The normalized spacial score (nSPS) is 15.5. The van der Waals surface area contributed by atoms with E-state index < -0.39 is 26.6 Å². The predicted octanol–water partition coefficient (Wildman–Crippen LogP) is 2.99. The van der Waals surface area contributed by atoms with E-state index in [2.05, 4.69) is 6.92 Å². The molecule has 0 atom stereocenters. The summed E-state index contributed by atoms with van der Waals surface area (Å²) >= 11 is 0. The van der Waals surface area contributed by atoms with Gasteiger partial charge in [-0.1, -0.05) is 37.3 Å². The Morgan fingerprint density at radius 3 is 2.03 bits per heavy atom. The van der Waals surface area contributed by atoms with Crippen LogP contribution in [0.3, 0.4) is 0 Å². The van der Waals surface area contributed by atoms with Crippen LogP contribution in [-0.4, -0.2) is 49.7 Å². The second kappa shape index (κ2) is 9.00. The zero-order valence-electron chi connectivity index (χ0n) is 16.3. The zero-order chi connectivity index (χ0) is 21.0.